The summed E-state index contributed by atoms with van der Waals surface area (Å²) in [5.74, 6) is -1.24. The van der Waals surface area contributed by atoms with E-state index in [-0.39, 0.29) is 5.56 Å². The number of aromatic carboxylic acids is 1. The number of rotatable bonds is 4. The van der Waals surface area contributed by atoms with Gasteiger partial charge in [0.25, 0.3) is 0 Å². The highest BCUT2D eigenvalue weighted by molar-refractivity contribution is 5.91. The topological polar surface area (TPSA) is 89.6 Å². The standard InChI is InChI=1S/C15H13NO4/c16-9-10-1-3-12(4-2-10)15(19)20-13-7-5-11(6-8-13)14(17)18/h1-8H,9,16H2,(H,17,18). The largest absolute Gasteiger partial charge is 0.478 e. The summed E-state index contributed by atoms with van der Waals surface area (Å²) in [6.45, 7) is 0.409. The van der Waals surface area contributed by atoms with Gasteiger partial charge in [0.05, 0.1) is 11.1 Å². The molecule has 0 saturated heterocycles. The van der Waals surface area contributed by atoms with E-state index in [1.165, 1.54) is 24.3 Å². The monoisotopic (exact) mass is 271 g/mol. The Morgan fingerprint density at radius 3 is 2.00 bits per heavy atom. The van der Waals surface area contributed by atoms with Crippen molar-refractivity contribution >= 4 is 11.9 Å². The maximum Gasteiger partial charge on any atom is 0.343 e. The zero-order chi connectivity index (χ0) is 14.5. The van der Waals surface area contributed by atoms with Crippen molar-refractivity contribution in [3.8, 4) is 5.75 Å². The Labute approximate surface area is 115 Å². The van der Waals surface area contributed by atoms with Crippen LogP contribution in [0.2, 0.25) is 0 Å². The summed E-state index contributed by atoms with van der Waals surface area (Å²) in [5.41, 5.74) is 6.94. The predicted molar refractivity (Wildman–Crippen MR) is 72.7 cm³/mol. The molecule has 0 bridgehead atoms. The summed E-state index contributed by atoms with van der Waals surface area (Å²) in [6.07, 6.45) is 0. The summed E-state index contributed by atoms with van der Waals surface area (Å²) >= 11 is 0. The van der Waals surface area contributed by atoms with Crippen LogP contribution in [0.1, 0.15) is 26.3 Å². The lowest BCUT2D eigenvalue weighted by Crippen LogP contribution is -2.09. The molecule has 5 nitrogen and oxygen atoms in total. The second-order valence-electron chi connectivity index (χ2n) is 4.12. The van der Waals surface area contributed by atoms with Crippen molar-refractivity contribution in [3.63, 3.8) is 0 Å². The van der Waals surface area contributed by atoms with Crippen LogP contribution in [-0.4, -0.2) is 17.0 Å². The van der Waals surface area contributed by atoms with E-state index >= 15 is 0 Å². The number of carboxylic acids is 1. The number of nitrogens with two attached hydrogens (primary N) is 1. The Kier molecular flexibility index (Phi) is 4.12. The average Bonchev–Trinajstić information content (AvgIpc) is 2.48. The van der Waals surface area contributed by atoms with Gasteiger partial charge in [0.15, 0.2) is 0 Å². The minimum Gasteiger partial charge on any atom is -0.478 e. The van der Waals surface area contributed by atoms with Crippen LogP contribution in [0.5, 0.6) is 5.75 Å². The van der Waals surface area contributed by atoms with Crippen molar-refractivity contribution in [2.24, 2.45) is 5.73 Å². The first-order valence-corrected chi connectivity index (χ1v) is 5.94. The Morgan fingerprint density at radius 2 is 1.50 bits per heavy atom. The molecule has 0 amide bonds. The molecule has 0 spiro atoms. The fourth-order valence-corrected chi connectivity index (χ4v) is 1.61. The highest BCUT2D eigenvalue weighted by Crippen LogP contribution is 2.14. The van der Waals surface area contributed by atoms with Crippen molar-refractivity contribution in [3.05, 3.63) is 65.2 Å². The predicted octanol–water partition coefficient (Wildman–Crippen LogP) is 2.06. The van der Waals surface area contributed by atoms with Gasteiger partial charge in [-0.3, -0.25) is 0 Å². The molecule has 0 aliphatic rings. The second-order valence-corrected chi connectivity index (χ2v) is 4.12. The zero-order valence-corrected chi connectivity index (χ0v) is 10.6. The molecule has 5 heteroatoms. The van der Waals surface area contributed by atoms with Gasteiger partial charge >= 0.3 is 11.9 Å². The molecule has 2 aromatic carbocycles. The van der Waals surface area contributed by atoms with Gasteiger partial charge in [-0.05, 0) is 42.0 Å². The lowest BCUT2D eigenvalue weighted by molar-refractivity contribution is 0.0696. The van der Waals surface area contributed by atoms with Gasteiger partial charge in [-0.2, -0.15) is 0 Å². The fourth-order valence-electron chi connectivity index (χ4n) is 1.61. The van der Waals surface area contributed by atoms with Gasteiger partial charge in [0.2, 0.25) is 0 Å². The van der Waals surface area contributed by atoms with E-state index < -0.39 is 11.9 Å². The molecule has 0 aliphatic carbocycles. The fraction of sp³-hybridized carbons (Fsp3) is 0.0667. The number of esters is 1. The van der Waals surface area contributed by atoms with Crippen LogP contribution >= 0.6 is 0 Å². The smallest absolute Gasteiger partial charge is 0.343 e. The molecule has 0 atom stereocenters. The minimum atomic E-state index is -1.03. The van der Waals surface area contributed by atoms with Gasteiger partial charge < -0.3 is 15.6 Å². The van der Waals surface area contributed by atoms with Gasteiger partial charge in [0.1, 0.15) is 5.75 Å². The molecular weight excluding hydrogens is 258 g/mol. The highest BCUT2D eigenvalue weighted by atomic mass is 16.5. The summed E-state index contributed by atoms with van der Waals surface area (Å²) in [5, 5.41) is 8.77. The molecule has 0 unspecified atom stereocenters. The number of carbonyl (C=O) groups excluding carboxylic acids is 1. The molecular formula is C15H13NO4. The molecule has 2 rings (SSSR count). The van der Waals surface area contributed by atoms with Crippen LogP contribution in [0.4, 0.5) is 0 Å². The zero-order valence-electron chi connectivity index (χ0n) is 10.6. The van der Waals surface area contributed by atoms with Crippen LogP contribution in [-0.2, 0) is 6.54 Å². The van der Waals surface area contributed by atoms with Gasteiger partial charge in [-0.25, -0.2) is 9.59 Å². The Bertz CT molecular complexity index is 617. The first kappa shape index (κ1) is 13.8. The first-order chi connectivity index (χ1) is 9.60. The summed E-state index contributed by atoms with van der Waals surface area (Å²) < 4.78 is 5.15. The van der Waals surface area contributed by atoms with Crippen LogP contribution in [0.3, 0.4) is 0 Å². The van der Waals surface area contributed by atoms with Crippen molar-refractivity contribution in [1.82, 2.24) is 0 Å². The molecule has 0 saturated carbocycles. The molecule has 0 aromatic heterocycles. The van der Waals surface area contributed by atoms with Gasteiger partial charge in [0, 0.05) is 6.54 Å². The summed E-state index contributed by atoms with van der Waals surface area (Å²) in [7, 11) is 0. The third-order valence-electron chi connectivity index (χ3n) is 2.74. The van der Waals surface area contributed by atoms with E-state index in [1.54, 1.807) is 24.3 Å². The molecule has 3 N–H and O–H groups in total. The van der Waals surface area contributed by atoms with Crippen molar-refractivity contribution in [2.75, 3.05) is 0 Å². The van der Waals surface area contributed by atoms with Crippen LogP contribution in [0, 0.1) is 0 Å². The number of hydrogen-bond donors (Lipinski definition) is 2. The maximum absolute atomic E-state index is 11.9. The average molecular weight is 271 g/mol. The summed E-state index contributed by atoms with van der Waals surface area (Å²) in [4.78, 5) is 22.6. The van der Waals surface area contributed by atoms with E-state index in [9.17, 15) is 9.59 Å². The number of carboxylic acid groups (broad SMARTS) is 1. The highest BCUT2D eigenvalue weighted by Gasteiger charge is 2.09. The Morgan fingerprint density at radius 1 is 0.950 bits per heavy atom. The third kappa shape index (κ3) is 3.21. The molecule has 0 fully saturated rings. The van der Waals surface area contributed by atoms with Crippen molar-refractivity contribution < 1.29 is 19.4 Å². The van der Waals surface area contributed by atoms with Gasteiger partial charge in [-0.1, -0.05) is 12.1 Å². The Balaban J connectivity index is 2.08. The molecule has 20 heavy (non-hydrogen) atoms. The van der Waals surface area contributed by atoms with E-state index in [0.29, 0.717) is 17.9 Å². The minimum absolute atomic E-state index is 0.136. The second kappa shape index (κ2) is 5.99. The van der Waals surface area contributed by atoms with E-state index in [2.05, 4.69) is 0 Å². The third-order valence-corrected chi connectivity index (χ3v) is 2.74. The SMILES string of the molecule is NCc1ccc(C(=O)Oc2ccc(C(=O)O)cc2)cc1. The quantitative estimate of drug-likeness (QED) is 0.656. The molecule has 0 heterocycles. The van der Waals surface area contributed by atoms with E-state index in [0.717, 1.165) is 5.56 Å². The number of carbonyl (C=O) groups is 2. The van der Waals surface area contributed by atoms with Gasteiger partial charge in [-0.15, -0.1) is 0 Å². The lowest BCUT2D eigenvalue weighted by Gasteiger charge is -2.05. The normalized spacial score (nSPS) is 10.1. The first-order valence-electron chi connectivity index (χ1n) is 5.94. The number of benzene rings is 2. The van der Waals surface area contributed by atoms with Crippen LogP contribution in [0.15, 0.2) is 48.5 Å². The summed E-state index contributed by atoms with van der Waals surface area (Å²) in [6, 6.07) is 12.4. The Hall–Kier alpha value is -2.66. The van der Waals surface area contributed by atoms with Crippen molar-refractivity contribution in [1.29, 1.82) is 0 Å². The lowest BCUT2D eigenvalue weighted by atomic mass is 10.1. The van der Waals surface area contributed by atoms with E-state index in [4.69, 9.17) is 15.6 Å². The molecule has 2 aromatic rings. The number of ether oxygens (including phenoxy) is 1. The van der Waals surface area contributed by atoms with E-state index in [1.807, 2.05) is 0 Å². The molecule has 102 valence electrons. The van der Waals surface area contributed by atoms with Crippen molar-refractivity contribution in [2.45, 2.75) is 6.54 Å². The van der Waals surface area contributed by atoms with Crippen LogP contribution < -0.4 is 10.5 Å². The maximum atomic E-state index is 11.9. The molecule has 0 radical (unpaired) electrons. The number of hydrogen-bond acceptors (Lipinski definition) is 4. The molecule has 0 aliphatic heterocycles. The van der Waals surface area contributed by atoms with Crippen LogP contribution in [0.25, 0.3) is 0 Å².